The molecule has 0 spiro atoms. The molecule has 1 aliphatic heterocycles. The summed E-state index contributed by atoms with van der Waals surface area (Å²) in [4.78, 5) is 13.0. The SMILES string of the molecule is O=C(NCCC1=CCCCC1)c1sccc1S(=O)(=O)N1CCCCC1. The Morgan fingerprint density at radius 1 is 1.16 bits per heavy atom. The van der Waals surface area contributed by atoms with Crippen molar-refractivity contribution < 1.29 is 13.2 Å². The lowest BCUT2D eigenvalue weighted by atomic mass is 9.97. The molecule has 7 heteroatoms. The van der Waals surface area contributed by atoms with E-state index < -0.39 is 10.0 Å². The molecule has 2 aliphatic rings. The number of nitrogens with one attached hydrogen (secondary N) is 1. The van der Waals surface area contributed by atoms with Gasteiger partial charge in [-0.15, -0.1) is 11.3 Å². The number of carbonyl (C=O) groups is 1. The van der Waals surface area contributed by atoms with Crippen molar-refractivity contribution in [2.24, 2.45) is 0 Å². The number of nitrogens with zero attached hydrogens (tertiary/aromatic N) is 1. The van der Waals surface area contributed by atoms with Gasteiger partial charge in [0.1, 0.15) is 9.77 Å². The molecular weight excluding hydrogens is 356 g/mol. The van der Waals surface area contributed by atoms with E-state index in [1.165, 1.54) is 34.1 Å². The second-order valence-electron chi connectivity index (χ2n) is 6.69. The zero-order valence-electron chi connectivity index (χ0n) is 14.5. The number of sulfonamides is 1. The van der Waals surface area contributed by atoms with Gasteiger partial charge in [-0.1, -0.05) is 18.1 Å². The van der Waals surface area contributed by atoms with Crippen LogP contribution in [0.4, 0.5) is 0 Å². The summed E-state index contributed by atoms with van der Waals surface area (Å²) in [6.07, 6.45) is 10.7. The Balaban J connectivity index is 1.64. The molecule has 1 aliphatic carbocycles. The van der Waals surface area contributed by atoms with Crippen LogP contribution in [0.25, 0.3) is 0 Å². The maximum Gasteiger partial charge on any atom is 0.262 e. The summed E-state index contributed by atoms with van der Waals surface area (Å²) in [5.74, 6) is -0.276. The van der Waals surface area contributed by atoms with Gasteiger partial charge in [-0.05, 0) is 56.4 Å². The van der Waals surface area contributed by atoms with Crippen LogP contribution in [0.15, 0.2) is 28.0 Å². The molecule has 0 saturated carbocycles. The van der Waals surface area contributed by atoms with Crippen LogP contribution in [0, 0.1) is 0 Å². The molecule has 1 aromatic heterocycles. The lowest BCUT2D eigenvalue weighted by Crippen LogP contribution is -2.36. The highest BCUT2D eigenvalue weighted by atomic mass is 32.2. The standard InChI is InChI=1S/C18H26N2O3S2/c21-18(19-11-9-15-7-3-1-4-8-15)17-16(10-14-24-17)25(22,23)20-12-5-2-6-13-20/h7,10,14H,1-6,8-9,11-13H2,(H,19,21). The van der Waals surface area contributed by atoms with E-state index in [1.54, 1.807) is 11.4 Å². The molecule has 3 rings (SSSR count). The maximum atomic E-state index is 12.8. The maximum absolute atomic E-state index is 12.8. The molecule has 0 aromatic carbocycles. The first kappa shape index (κ1) is 18.6. The average Bonchev–Trinajstić information content (AvgIpc) is 3.14. The van der Waals surface area contributed by atoms with Crippen molar-refractivity contribution in [2.45, 2.75) is 56.3 Å². The first-order valence-corrected chi connectivity index (χ1v) is 11.4. The fourth-order valence-corrected chi connectivity index (χ4v) is 6.29. The molecule has 0 atom stereocenters. The van der Waals surface area contributed by atoms with Gasteiger partial charge in [0.05, 0.1) is 0 Å². The lowest BCUT2D eigenvalue weighted by Gasteiger charge is -2.25. The van der Waals surface area contributed by atoms with Crippen LogP contribution in [0.5, 0.6) is 0 Å². The number of amides is 1. The third-order valence-corrected chi connectivity index (χ3v) is 7.87. The monoisotopic (exact) mass is 382 g/mol. The number of hydrogen-bond donors (Lipinski definition) is 1. The molecule has 2 heterocycles. The van der Waals surface area contributed by atoms with Crippen molar-refractivity contribution in [1.82, 2.24) is 9.62 Å². The highest BCUT2D eigenvalue weighted by Gasteiger charge is 2.30. The van der Waals surface area contributed by atoms with Crippen molar-refractivity contribution in [3.05, 3.63) is 28.0 Å². The Morgan fingerprint density at radius 2 is 1.96 bits per heavy atom. The van der Waals surface area contributed by atoms with E-state index in [2.05, 4.69) is 11.4 Å². The summed E-state index contributed by atoms with van der Waals surface area (Å²) in [5, 5.41) is 4.59. The summed E-state index contributed by atoms with van der Waals surface area (Å²) in [6, 6.07) is 1.56. The van der Waals surface area contributed by atoms with Crippen LogP contribution < -0.4 is 5.32 Å². The minimum absolute atomic E-state index is 0.161. The van der Waals surface area contributed by atoms with Gasteiger partial charge >= 0.3 is 0 Å². The molecule has 1 fully saturated rings. The molecule has 0 unspecified atom stereocenters. The van der Waals surface area contributed by atoms with Crippen molar-refractivity contribution in [3.63, 3.8) is 0 Å². The van der Waals surface area contributed by atoms with Gasteiger partial charge in [-0.3, -0.25) is 4.79 Å². The Morgan fingerprint density at radius 3 is 2.68 bits per heavy atom. The fraction of sp³-hybridized carbons (Fsp3) is 0.611. The second-order valence-corrected chi connectivity index (χ2v) is 9.52. The Labute approximate surface area is 154 Å². The number of carbonyl (C=O) groups excluding carboxylic acids is 1. The third kappa shape index (κ3) is 4.51. The Kier molecular flexibility index (Phi) is 6.30. The van der Waals surface area contributed by atoms with Crippen LogP contribution in [0.1, 0.15) is 61.0 Å². The Bertz CT molecular complexity index is 731. The zero-order chi connectivity index (χ0) is 17.7. The first-order valence-electron chi connectivity index (χ1n) is 9.13. The number of allylic oxidation sites excluding steroid dienone is 1. The van der Waals surface area contributed by atoms with Crippen molar-refractivity contribution in [2.75, 3.05) is 19.6 Å². The molecule has 0 radical (unpaired) electrons. The normalized spacial score (nSPS) is 19.4. The number of piperidine rings is 1. The van der Waals surface area contributed by atoms with Gasteiger partial charge in [0.15, 0.2) is 0 Å². The molecule has 1 saturated heterocycles. The van der Waals surface area contributed by atoms with Crippen molar-refractivity contribution >= 4 is 27.3 Å². The highest BCUT2D eigenvalue weighted by Crippen LogP contribution is 2.27. The smallest absolute Gasteiger partial charge is 0.262 e. The topological polar surface area (TPSA) is 66.5 Å². The molecule has 0 bridgehead atoms. The summed E-state index contributed by atoms with van der Waals surface area (Å²) in [7, 11) is -3.57. The minimum atomic E-state index is -3.57. The molecule has 138 valence electrons. The Hall–Kier alpha value is -1.18. The van der Waals surface area contributed by atoms with Crippen molar-refractivity contribution in [3.8, 4) is 0 Å². The molecule has 1 amide bonds. The molecule has 25 heavy (non-hydrogen) atoms. The van der Waals surface area contributed by atoms with Gasteiger partial charge in [0.25, 0.3) is 5.91 Å². The summed E-state index contributed by atoms with van der Waals surface area (Å²) in [6.45, 7) is 1.66. The van der Waals surface area contributed by atoms with Gasteiger partial charge in [-0.2, -0.15) is 4.31 Å². The van der Waals surface area contributed by atoms with Crippen LogP contribution in [0.2, 0.25) is 0 Å². The van der Waals surface area contributed by atoms with Gasteiger partial charge in [-0.25, -0.2) is 8.42 Å². The fourth-order valence-electron chi connectivity index (χ4n) is 3.46. The summed E-state index contributed by atoms with van der Waals surface area (Å²) < 4.78 is 27.2. The van der Waals surface area contributed by atoms with E-state index in [9.17, 15) is 13.2 Å². The van der Waals surface area contributed by atoms with E-state index in [0.29, 0.717) is 24.5 Å². The number of rotatable bonds is 6. The van der Waals surface area contributed by atoms with Crippen LogP contribution in [0.3, 0.4) is 0 Å². The number of thiophene rings is 1. The van der Waals surface area contributed by atoms with Crippen molar-refractivity contribution in [1.29, 1.82) is 0 Å². The summed E-state index contributed by atoms with van der Waals surface area (Å²) >= 11 is 1.20. The van der Waals surface area contributed by atoms with E-state index in [1.807, 2.05) is 0 Å². The van der Waals surface area contributed by atoms with E-state index in [0.717, 1.165) is 38.5 Å². The van der Waals surface area contributed by atoms with Gasteiger partial charge in [0.2, 0.25) is 10.0 Å². The highest BCUT2D eigenvalue weighted by molar-refractivity contribution is 7.89. The average molecular weight is 383 g/mol. The second kappa shape index (κ2) is 8.47. The van der Waals surface area contributed by atoms with Crippen LogP contribution in [-0.2, 0) is 10.0 Å². The molecule has 1 aromatic rings. The number of hydrogen-bond acceptors (Lipinski definition) is 4. The zero-order valence-corrected chi connectivity index (χ0v) is 16.1. The van der Waals surface area contributed by atoms with E-state index in [4.69, 9.17) is 0 Å². The van der Waals surface area contributed by atoms with E-state index >= 15 is 0 Å². The van der Waals surface area contributed by atoms with Crippen LogP contribution in [-0.4, -0.2) is 38.3 Å². The van der Waals surface area contributed by atoms with Gasteiger partial charge < -0.3 is 5.32 Å². The van der Waals surface area contributed by atoms with Gasteiger partial charge in [0, 0.05) is 19.6 Å². The third-order valence-electron chi connectivity index (χ3n) is 4.88. The van der Waals surface area contributed by atoms with E-state index in [-0.39, 0.29) is 10.8 Å². The molecular formula is C18H26N2O3S2. The van der Waals surface area contributed by atoms with Crippen LogP contribution >= 0.6 is 11.3 Å². The first-order chi connectivity index (χ1) is 12.1. The lowest BCUT2D eigenvalue weighted by molar-refractivity contribution is 0.0955. The largest absolute Gasteiger partial charge is 0.351 e. The quantitative estimate of drug-likeness (QED) is 0.765. The predicted octanol–water partition coefficient (Wildman–Crippen LogP) is 3.54. The summed E-state index contributed by atoms with van der Waals surface area (Å²) in [5.41, 5.74) is 1.40. The minimum Gasteiger partial charge on any atom is -0.351 e. The predicted molar refractivity (Wildman–Crippen MR) is 100 cm³/mol. The molecule has 5 nitrogen and oxygen atoms in total. The molecule has 1 N–H and O–H groups in total.